The molecule has 33 heavy (non-hydrogen) atoms. The average molecular weight is 461 g/mol. The quantitative estimate of drug-likeness (QED) is 0.360. The van der Waals surface area contributed by atoms with Gasteiger partial charge in [-0.15, -0.1) is 0 Å². The number of rotatable bonds is 5. The highest BCUT2D eigenvalue weighted by atomic mass is 35.5. The molecule has 0 bridgehead atoms. The number of carbonyl (C=O) groups is 1. The highest BCUT2D eigenvalue weighted by molar-refractivity contribution is 6.30. The number of pyridine rings is 1. The molecule has 4 aromatic heterocycles. The second-order valence-electron chi connectivity index (χ2n) is 7.38. The third-order valence-corrected chi connectivity index (χ3v) is 5.21. The molecule has 0 saturated heterocycles. The monoisotopic (exact) mass is 460 g/mol. The van der Waals surface area contributed by atoms with Gasteiger partial charge in [-0.05, 0) is 55.0 Å². The Morgan fingerprint density at radius 1 is 1.12 bits per heavy atom. The van der Waals surface area contributed by atoms with Crippen molar-refractivity contribution < 1.29 is 13.9 Å². The molecule has 0 amide bonds. The van der Waals surface area contributed by atoms with E-state index in [1.165, 1.54) is 16.7 Å². The molecule has 0 radical (unpaired) electrons. The average Bonchev–Trinajstić information content (AvgIpc) is 3.47. The van der Waals surface area contributed by atoms with Crippen LogP contribution in [0.2, 0.25) is 5.02 Å². The molecule has 0 N–H and O–H groups in total. The largest absolute Gasteiger partial charge is 0.463 e. The van der Waals surface area contributed by atoms with E-state index in [1.807, 2.05) is 19.1 Å². The summed E-state index contributed by atoms with van der Waals surface area (Å²) < 4.78 is 13.9. The van der Waals surface area contributed by atoms with Crippen molar-refractivity contribution in [3.63, 3.8) is 0 Å². The van der Waals surface area contributed by atoms with Gasteiger partial charge in [0.1, 0.15) is 17.9 Å². The molecule has 0 unspecified atom stereocenters. The number of benzene rings is 1. The maximum absolute atomic E-state index is 12.8. The van der Waals surface area contributed by atoms with E-state index in [9.17, 15) is 9.59 Å². The number of hydrogen-bond acceptors (Lipinski definition) is 6. The number of aromatic nitrogens is 4. The summed E-state index contributed by atoms with van der Waals surface area (Å²) in [6, 6.07) is 17.1. The van der Waals surface area contributed by atoms with Gasteiger partial charge in [0.25, 0.3) is 5.56 Å². The second kappa shape index (κ2) is 8.40. The molecule has 0 saturated carbocycles. The zero-order valence-electron chi connectivity index (χ0n) is 17.4. The van der Waals surface area contributed by atoms with E-state index in [0.29, 0.717) is 33.5 Å². The van der Waals surface area contributed by atoms with Gasteiger partial charge in [-0.2, -0.15) is 5.10 Å². The fourth-order valence-corrected chi connectivity index (χ4v) is 3.61. The summed E-state index contributed by atoms with van der Waals surface area (Å²) in [7, 11) is 0. The fourth-order valence-electron chi connectivity index (χ4n) is 3.43. The summed E-state index contributed by atoms with van der Waals surface area (Å²) >= 11 is 6.13. The maximum Gasteiger partial charge on any atom is 0.359 e. The zero-order valence-corrected chi connectivity index (χ0v) is 18.2. The van der Waals surface area contributed by atoms with Gasteiger partial charge in [-0.3, -0.25) is 9.20 Å². The first-order chi connectivity index (χ1) is 16.0. The lowest BCUT2D eigenvalue weighted by Gasteiger charge is -2.06. The minimum atomic E-state index is -0.658. The number of nitrogens with zero attached hydrogens (tertiary/aromatic N) is 4. The van der Waals surface area contributed by atoms with E-state index in [0.717, 1.165) is 5.56 Å². The van der Waals surface area contributed by atoms with Gasteiger partial charge in [0.15, 0.2) is 11.5 Å². The Morgan fingerprint density at radius 3 is 2.79 bits per heavy atom. The minimum absolute atomic E-state index is 0.0785. The number of esters is 1. The number of ether oxygens (including phenoxy) is 1. The molecule has 0 fully saturated rings. The Hall–Kier alpha value is -4.17. The molecule has 5 rings (SSSR count). The highest BCUT2D eigenvalue weighted by Crippen LogP contribution is 2.26. The summed E-state index contributed by atoms with van der Waals surface area (Å²) in [6.07, 6.45) is 3.20. The number of aryl methyl sites for hydroxylation is 1. The third-order valence-electron chi connectivity index (χ3n) is 4.97. The summed E-state index contributed by atoms with van der Waals surface area (Å²) in [4.78, 5) is 29.5. The topological polar surface area (TPSA) is 91.6 Å². The Kier molecular flexibility index (Phi) is 5.27. The van der Waals surface area contributed by atoms with Crippen molar-refractivity contribution in [3.05, 3.63) is 105 Å². The molecule has 5 aromatic rings. The number of furan rings is 1. The molecule has 0 aliphatic heterocycles. The van der Waals surface area contributed by atoms with Crippen LogP contribution in [-0.4, -0.2) is 25.1 Å². The number of halogens is 1. The van der Waals surface area contributed by atoms with Gasteiger partial charge in [-0.25, -0.2) is 14.5 Å². The molecular formula is C24H17ClN4O4. The zero-order chi connectivity index (χ0) is 22.9. The molecule has 9 heteroatoms. The standard InChI is InChI=1S/C24H17ClN4O4/c1-15-7-8-28-22(10-15)26-17(12-23(28)30)14-33-24(31)19-13-20(21-6-3-9-32-21)29(27-19)18-5-2-4-16(25)11-18/h2-13H,14H2,1H3. The van der Waals surface area contributed by atoms with Crippen molar-refractivity contribution in [2.75, 3.05) is 0 Å². The molecule has 0 spiro atoms. The normalized spacial score (nSPS) is 11.1. The van der Waals surface area contributed by atoms with Crippen LogP contribution >= 0.6 is 11.6 Å². The summed E-state index contributed by atoms with van der Waals surface area (Å²) in [5.74, 6) is -0.129. The van der Waals surface area contributed by atoms with Gasteiger partial charge in [0.2, 0.25) is 0 Å². The summed E-state index contributed by atoms with van der Waals surface area (Å²) in [5, 5.41) is 4.94. The lowest BCUT2D eigenvalue weighted by atomic mass is 10.2. The molecule has 0 aliphatic carbocycles. The first-order valence-electron chi connectivity index (χ1n) is 10.0. The number of hydrogen-bond donors (Lipinski definition) is 0. The van der Waals surface area contributed by atoms with E-state index in [-0.39, 0.29) is 17.9 Å². The SMILES string of the molecule is Cc1ccn2c(=O)cc(COC(=O)c3cc(-c4ccco4)n(-c4cccc(Cl)c4)n3)nc2c1. The van der Waals surface area contributed by atoms with Gasteiger partial charge in [-0.1, -0.05) is 17.7 Å². The molecule has 0 aliphatic rings. The summed E-state index contributed by atoms with van der Waals surface area (Å²) in [5.41, 5.74) is 2.84. The van der Waals surface area contributed by atoms with Gasteiger partial charge in [0.05, 0.1) is 17.6 Å². The molecule has 8 nitrogen and oxygen atoms in total. The fraction of sp³-hybridized carbons (Fsp3) is 0.0833. The van der Waals surface area contributed by atoms with Crippen LogP contribution in [0, 0.1) is 6.92 Å². The van der Waals surface area contributed by atoms with Gasteiger partial charge < -0.3 is 9.15 Å². The number of fused-ring (bicyclic) bond motifs is 1. The van der Waals surface area contributed by atoms with Crippen LogP contribution in [0.3, 0.4) is 0 Å². The first kappa shape index (κ1) is 20.7. The third kappa shape index (κ3) is 4.16. The van der Waals surface area contributed by atoms with E-state index in [1.54, 1.807) is 53.3 Å². The van der Waals surface area contributed by atoms with Crippen LogP contribution < -0.4 is 5.56 Å². The molecule has 0 atom stereocenters. The molecule has 1 aromatic carbocycles. The first-order valence-corrected chi connectivity index (χ1v) is 10.4. The van der Waals surface area contributed by atoms with Crippen LogP contribution in [0.1, 0.15) is 21.7 Å². The van der Waals surface area contributed by atoms with Crippen molar-refractivity contribution in [1.82, 2.24) is 19.2 Å². The van der Waals surface area contributed by atoms with Crippen LogP contribution in [0.25, 0.3) is 22.8 Å². The second-order valence-corrected chi connectivity index (χ2v) is 7.81. The number of carbonyl (C=O) groups excluding carboxylic acids is 1. The van der Waals surface area contributed by atoms with Crippen LogP contribution in [0.15, 0.2) is 82.3 Å². The van der Waals surface area contributed by atoms with Crippen LogP contribution in [0.5, 0.6) is 0 Å². The van der Waals surface area contributed by atoms with Crippen LogP contribution in [-0.2, 0) is 11.3 Å². The minimum Gasteiger partial charge on any atom is -0.463 e. The lowest BCUT2D eigenvalue weighted by molar-refractivity contribution is 0.0460. The van der Waals surface area contributed by atoms with E-state index in [4.69, 9.17) is 20.8 Å². The van der Waals surface area contributed by atoms with E-state index >= 15 is 0 Å². The maximum atomic E-state index is 12.8. The van der Waals surface area contributed by atoms with E-state index < -0.39 is 5.97 Å². The Labute approximate surface area is 192 Å². The van der Waals surface area contributed by atoms with Crippen molar-refractivity contribution in [2.24, 2.45) is 0 Å². The van der Waals surface area contributed by atoms with Crippen molar-refractivity contribution >= 4 is 23.2 Å². The Balaban J connectivity index is 1.44. The van der Waals surface area contributed by atoms with E-state index in [2.05, 4.69) is 10.1 Å². The van der Waals surface area contributed by atoms with Gasteiger partial charge in [0, 0.05) is 23.4 Å². The molecular weight excluding hydrogens is 444 g/mol. The predicted molar refractivity (Wildman–Crippen MR) is 122 cm³/mol. The Morgan fingerprint density at radius 2 is 2.00 bits per heavy atom. The lowest BCUT2D eigenvalue weighted by Crippen LogP contribution is -2.16. The summed E-state index contributed by atoms with van der Waals surface area (Å²) in [6.45, 7) is 1.74. The smallest absolute Gasteiger partial charge is 0.359 e. The van der Waals surface area contributed by atoms with Crippen molar-refractivity contribution in [2.45, 2.75) is 13.5 Å². The van der Waals surface area contributed by atoms with Gasteiger partial charge >= 0.3 is 5.97 Å². The Bertz CT molecular complexity index is 1540. The van der Waals surface area contributed by atoms with Crippen molar-refractivity contribution in [1.29, 1.82) is 0 Å². The van der Waals surface area contributed by atoms with Crippen molar-refractivity contribution in [3.8, 4) is 17.1 Å². The predicted octanol–water partition coefficient (Wildman–Crippen LogP) is 4.46. The van der Waals surface area contributed by atoms with Crippen LogP contribution in [0.4, 0.5) is 0 Å². The molecule has 164 valence electrons. The molecule has 4 heterocycles. The highest BCUT2D eigenvalue weighted by Gasteiger charge is 2.20.